The Kier molecular flexibility index (Phi) is 5.67. The minimum absolute atomic E-state index is 0.272. The largest absolute Gasteiger partial charge is 0.338 e. The highest BCUT2D eigenvalue weighted by molar-refractivity contribution is 7.22. The predicted molar refractivity (Wildman–Crippen MR) is 120 cm³/mol. The number of nitrogens with zero attached hydrogens (tertiary/aromatic N) is 4. The predicted octanol–water partition coefficient (Wildman–Crippen LogP) is 4.92. The molecule has 0 bridgehead atoms. The molecule has 0 saturated heterocycles. The molecule has 0 atom stereocenters. The fourth-order valence-corrected chi connectivity index (χ4v) is 3.97. The van der Waals surface area contributed by atoms with Crippen LogP contribution in [-0.2, 0) is 0 Å². The zero-order valence-electron chi connectivity index (χ0n) is 16.9. The van der Waals surface area contributed by atoms with Crippen molar-refractivity contribution >= 4 is 32.7 Å². The van der Waals surface area contributed by atoms with Crippen molar-refractivity contribution in [3.05, 3.63) is 60.7 Å². The average molecular weight is 418 g/mol. The first-order valence-electron chi connectivity index (χ1n) is 9.59. The number of pyridine rings is 1. The van der Waals surface area contributed by atoms with Gasteiger partial charge in [0.2, 0.25) is 0 Å². The van der Waals surface area contributed by atoms with Gasteiger partial charge < -0.3 is 5.32 Å². The van der Waals surface area contributed by atoms with Crippen LogP contribution in [0.4, 0.5) is 9.93 Å². The van der Waals surface area contributed by atoms with Crippen molar-refractivity contribution in [2.45, 2.75) is 20.8 Å². The van der Waals surface area contributed by atoms with Gasteiger partial charge in [-0.25, -0.2) is 19.7 Å². The molecule has 0 aliphatic heterocycles. The highest BCUT2D eigenvalue weighted by Crippen LogP contribution is 2.38. The van der Waals surface area contributed by atoms with E-state index in [1.807, 2.05) is 57.4 Å². The maximum Gasteiger partial charge on any atom is 0.321 e. The number of fused-ring (bicyclic) bond motifs is 1. The van der Waals surface area contributed by atoms with Gasteiger partial charge in [0.25, 0.3) is 0 Å². The normalized spacial score (nSPS) is 11.1. The molecule has 4 aromatic rings. The van der Waals surface area contributed by atoms with Crippen LogP contribution >= 0.6 is 11.3 Å². The second kappa shape index (κ2) is 8.54. The molecule has 3 aromatic heterocycles. The van der Waals surface area contributed by atoms with E-state index >= 15 is 0 Å². The van der Waals surface area contributed by atoms with Gasteiger partial charge in [0.1, 0.15) is 5.82 Å². The molecule has 0 spiro atoms. The van der Waals surface area contributed by atoms with E-state index in [0.29, 0.717) is 11.7 Å². The van der Waals surface area contributed by atoms with Gasteiger partial charge in [0.05, 0.1) is 15.9 Å². The number of urea groups is 1. The van der Waals surface area contributed by atoms with Crippen LogP contribution in [-0.4, -0.2) is 32.5 Å². The number of carbonyl (C=O) groups excluding carboxylic acids is 1. The van der Waals surface area contributed by atoms with Gasteiger partial charge in [-0.15, -0.1) is 0 Å². The smallest absolute Gasteiger partial charge is 0.321 e. The van der Waals surface area contributed by atoms with Crippen LogP contribution in [0.1, 0.15) is 26.6 Å². The lowest BCUT2D eigenvalue weighted by atomic mass is 10.0. The molecule has 3 heterocycles. The molecule has 0 aliphatic rings. The lowest BCUT2D eigenvalue weighted by molar-refractivity contribution is 0.252. The van der Waals surface area contributed by atoms with E-state index in [1.165, 1.54) is 11.3 Å². The first-order chi connectivity index (χ1) is 14.5. The molecule has 0 saturated carbocycles. The third-order valence-corrected chi connectivity index (χ3v) is 5.44. The van der Waals surface area contributed by atoms with Gasteiger partial charge in [-0.05, 0) is 36.8 Å². The molecule has 2 amide bonds. The van der Waals surface area contributed by atoms with Crippen molar-refractivity contribution in [2.75, 3.05) is 11.9 Å². The molecule has 1 radical (unpaired) electrons. The number of amides is 2. The van der Waals surface area contributed by atoms with E-state index in [-0.39, 0.29) is 6.03 Å². The van der Waals surface area contributed by atoms with Crippen LogP contribution in [0.15, 0.2) is 48.9 Å². The zero-order valence-corrected chi connectivity index (χ0v) is 17.7. The Bertz CT molecular complexity index is 1170. The average Bonchev–Trinajstić information content (AvgIpc) is 3.16. The Morgan fingerprint density at radius 2 is 1.87 bits per heavy atom. The summed E-state index contributed by atoms with van der Waals surface area (Å²) in [4.78, 5) is 30.0. The highest BCUT2D eigenvalue weighted by atomic mass is 32.1. The highest BCUT2D eigenvalue weighted by Gasteiger charge is 2.15. The number of carbonyl (C=O) groups is 1. The topological polar surface area (TPSA) is 92.7 Å². The summed E-state index contributed by atoms with van der Waals surface area (Å²) in [7, 11) is 0. The fourth-order valence-electron chi connectivity index (χ4n) is 3.00. The number of rotatable bonds is 5. The number of aromatic nitrogens is 4. The number of thiazole rings is 1. The summed E-state index contributed by atoms with van der Waals surface area (Å²) in [6.07, 6.45) is 5.40. The summed E-state index contributed by atoms with van der Waals surface area (Å²) in [5.41, 5.74) is 4.41. The monoisotopic (exact) mass is 417 g/mol. The molecule has 4 rings (SSSR count). The minimum Gasteiger partial charge on any atom is -0.338 e. The van der Waals surface area contributed by atoms with Gasteiger partial charge in [-0.1, -0.05) is 31.3 Å². The van der Waals surface area contributed by atoms with Crippen LogP contribution in [0.3, 0.4) is 0 Å². The van der Waals surface area contributed by atoms with Crippen LogP contribution in [0, 0.1) is 5.92 Å². The number of benzene rings is 1. The van der Waals surface area contributed by atoms with E-state index in [9.17, 15) is 4.79 Å². The number of nitrogens with one attached hydrogen (secondary N) is 2. The lowest BCUT2D eigenvalue weighted by Crippen LogP contribution is -2.28. The van der Waals surface area contributed by atoms with Crippen LogP contribution < -0.4 is 10.6 Å². The van der Waals surface area contributed by atoms with Gasteiger partial charge >= 0.3 is 6.03 Å². The summed E-state index contributed by atoms with van der Waals surface area (Å²) in [5.74, 6) is 1.79. The Morgan fingerprint density at radius 1 is 1.07 bits per heavy atom. The molecule has 30 heavy (non-hydrogen) atoms. The van der Waals surface area contributed by atoms with Crippen LogP contribution in [0.25, 0.3) is 32.6 Å². The second-order valence-electron chi connectivity index (χ2n) is 6.89. The van der Waals surface area contributed by atoms with Crippen molar-refractivity contribution in [3.63, 3.8) is 0 Å². The second-order valence-corrected chi connectivity index (χ2v) is 7.88. The SMILES string of the molecule is CCNC(=O)Nc1nc2cc(-c3cnc([C](C)C)nc3)cc(-c3ccccn3)c2s1. The third kappa shape index (κ3) is 4.13. The molecule has 1 aromatic carbocycles. The summed E-state index contributed by atoms with van der Waals surface area (Å²) >= 11 is 1.43. The molecular weight excluding hydrogens is 396 g/mol. The maximum absolute atomic E-state index is 11.9. The minimum atomic E-state index is -0.272. The van der Waals surface area contributed by atoms with E-state index < -0.39 is 0 Å². The molecule has 2 N–H and O–H groups in total. The lowest BCUT2D eigenvalue weighted by Gasteiger charge is -2.08. The summed E-state index contributed by atoms with van der Waals surface area (Å²) in [5, 5.41) is 6.06. The van der Waals surface area contributed by atoms with Gasteiger partial charge in [0, 0.05) is 42.2 Å². The maximum atomic E-state index is 11.9. The van der Waals surface area contributed by atoms with E-state index in [2.05, 4.69) is 36.6 Å². The van der Waals surface area contributed by atoms with Crippen molar-refractivity contribution < 1.29 is 4.79 Å². The zero-order chi connectivity index (χ0) is 21.1. The molecule has 151 valence electrons. The molecule has 7 nitrogen and oxygen atoms in total. The summed E-state index contributed by atoms with van der Waals surface area (Å²) < 4.78 is 0.958. The first-order valence-corrected chi connectivity index (χ1v) is 10.4. The molecule has 0 fully saturated rings. The van der Waals surface area contributed by atoms with Crippen LogP contribution in [0.2, 0.25) is 0 Å². The summed E-state index contributed by atoms with van der Waals surface area (Å²) in [6, 6.07) is 9.58. The number of hydrogen-bond donors (Lipinski definition) is 2. The standard InChI is InChI=1S/C22H21N6OS/c1-4-23-21(29)28-22-27-18-10-14(15-11-25-20(13(2)3)26-12-15)9-16(19(18)30-22)17-7-5-6-8-24-17/h5-12H,4H2,1-3H3,(H2,23,27,28,29). The van der Waals surface area contributed by atoms with E-state index in [1.54, 1.807) is 6.20 Å². The molecule has 8 heteroatoms. The van der Waals surface area contributed by atoms with Gasteiger partial charge in [-0.3, -0.25) is 10.3 Å². The van der Waals surface area contributed by atoms with Crippen molar-refractivity contribution in [1.29, 1.82) is 0 Å². The van der Waals surface area contributed by atoms with Crippen molar-refractivity contribution in [1.82, 2.24) is 25.3 Å². The molecular formula is C22H21N6OS. The quantitative estimate of drug-likeness (QED) is 0.481. The van der Waals surface area contributed by atoms with E-state index in [0.717, 1.165) is 44.3 Å². The Labute approximate surface area is 178 Å². The van der Waals surface area contributed by atoms with E-state index in [4.69, 9.17) is 0 Å². The van der Waals surface area contributed by atoms with Gasteiger partial charge in [0.15, 0.2) is 5.13 Å². The Balaban J connectivity index is 1.82. The molecule has 0 aliphatic carbocycles. The fraction of sp³-hybridized carbons (Fsp3) is 0.182. The van der Waals surface area contributed by atoms with Crippen molar-refractivity contribution in [2.24, 2.45) is 0 Å². The Morgan fingerprint density at radius 3 is 2.53 bits per heavy atom. The molecule has 0 unspecified atom stereocenters. The van der Waals surface area contributed by atoms with Crippen molar-refractivity contribution in [3.8, 4) is 22.4 Å². The summed E-state index contributed by atoms with van der Waals surface area (Å²) in [6.45, 7) is 6.39. The third-order valence-electron chi connectivity index (χ3n) is 4.42. The number of anilines is 1. The first kappa shape index (κ1) is 19.9. The Hall–Kier alpha value is -3.39. The number of hydrogen-bond acceptors (Lipinski definition) is 6. The van der Waals surface area contributed by atoms with Gasteiger partial charge in [-0.2, -0.15) is 0 Å². The van der Waals surface area contributed by atoms with Crippen LogP contribution in [0.5, 0.6) is 0 Å².